The highest BCUT2D eigenvalue weighted by atomic mass is 15.4. The zero-order valence-corrected chi connectivity index (χ0v) is 10.8. The molecule has 2 rings (SSSR count). The highest BCUT2D eigenvalue weighted by Crippen LogP contribution is 2.22. The summed E-state index contributed by atoms with van der Waals surface area (Å²) in [5.74, 6) is 1.23. The lowest BCUT2D eigenvalue weighted by Crippen LogP contribution is -2.06. The molecule has 4 nitrogen and oxygen atoms in total. The molecule has 0 aliphatic carbocycles. The fourth-order valence-electron chi connectivity index (χ4n) is 2.19. The van der Waals surface area contributed by atoms with E-state index in [1.165, 1.54) is 16.7 Å². The summed E-state index contributed by atoms with van der Waals surface area (Å²) in [6.07, 6.45) is 0.793. The fourth-order valence-corrected chi connectivity index (χ4v) is 2.19. The number of hydrogen-bond donors (Lipinski definition) is 1. The highest BCUT2D eigenvalue weighted by Gasteiger charge is 2.12. The molecule has 0 amide bonds. The van der Waals surface area contributed by atoms with Gasteiger partial charge in [-0.3, -0.25) is 0 Å². The molecule has 0 unspecified atom stereocenters. The van der Waals surface area contributed by atoms with Gasteiger partial charge in [0, 0.05) is 6.42 Å². The zero-order chi connectivity index (χ0) is 12.6. The van der Waals surface area contributed by atoms with Crippen LogP contribution in [0.3, 0.4) is 0 Å². The lowest BCUT2D eigenvalue weighted by atomic mass is 10.1. The van der Waals surface area contributed by atoms with Crippen molar-refractivity contribution in [3.63, 3.8) is 0 Å². The number of anilines is 1. The molecule has 2 N–H and O–H groups in total. The number of aromatic nitrogens is 3. The smallest absolute Gasteiger partial charge is 0.223 e. The molecule has 0 bridgehead atoms. The lowest BCUT2D eigenvalue weighted by molar-refractivity contribution is 0.834. The van der Waals surface area contributed by atoms with Gasteiger partial charge in [-0.05, 0) is 31.9 Å². The zero-order valence-electron chi connectivity index (χ0n) is 10.8. The Kier molecular flexibility index (Phi) is 2.88. The molecule has 4 heteroatoms. The molecule has 0 fully saturated rings. The van der Waals surface area contributed by atoms with Gasteiger partial charge >= 0.3 is 0 Å². The number of aryl methyl sites for hydroxylation is 4. The molecule has 0 aliphatic heterocycles. The Balaban J connectivity index is 2.63. The van der Waals surface area contributed by atoms with Gasteiger partial charge in [-0.15, -0.1) is 5.10 Å². The second kappa shape index (κ2) is 4.20. The minimum atomic E-state index is 0.455. The number of nitrogens with two attached hydrogens (primary N) is 1. The number of benzene rings is 1. The van der Waals surface area contributed by atoms with Crippen LogP contribution in [0.15, 0.2) is 12.1 Å². The predicted octanol–water partition coefficient (Wildman–Crippen LogP) is 2.34. The molecule has 0 atom stereocenters. The molecular formula is C13H18N4. The van der Waals surface area contributed by atoms with Crippen molar-refractivity contribution in [2.75, 3.05) is 5.73 Å². The van der Waals surface area contributed by atoms with Crippen molar-refractivity contribution in [1.29, 1.82) is 0 Å². The van der Waals surface area contributed by atoms with E-state index in [0.29, 0.717) is 5.95 Å². The molecule has 0 saturated carbocycles. The van der Waals surface area contributed by atoms with Crippen LogP contribution in [0.2, 0.25) is 0 Å². The van der Waals surface area contributed by atoms with Gasteiger partial charge < -0.3 is 5.73 Å². The summed E-state index contributed by atoms with van der Waals surface area (Å²) >= 11 is 0. The molecule has 90 valence electrons. The summed E-state index contributed by atoms with van der Waals surface area (Å²) in [7, 11) is 0. The van der Waals surface area contributed by atoms with Gasteiger partial charge in [0.1, 0.15) is 0 Å². The van der Waals surface area contributed by atoms with Crippen LogP contribution in [0.1, 0.15) is 29.4 Å². The van der Waals surface area contributed by atoms with Crippen LogP contribution in [0.5, 0.6) is 0 Å². The van der Waals surface area contributed by atoms with Crippen molar-refractivity contribution in [3.8, 4) is 5.69 Å². The van der Waals surface area contributed by atoms with Crippen LogP contribution in [0, 0.1) is 20.8 Å². The SMILES string of the molecule is CCc1nc(N)n(-c2c(C)cc(C)cc2C)n1. The second-order valence-corrected chi connectivity index (χ2v) is 4.40. The van der Waals surface area contributed by atoms with E-state index in [2.05, 4.69) is 43.0 Å². The molecule has 17 heavy (non-hydrogen) atoms. The van der Waals surface area contributed by atoms with Gasteiger partial charge in [-0.2, -0.15) is 9.67 Å². The maximum atomic E-state index is 5.91. The molecule has 1 aromatic heterocycles. The monoisotopic (exact) mass is 230 g/mol. The Morgan fingerprint density at radius 1 is 1.18 bits per heavy atom. The van der Waals surface area contributed by atoms with Crippen LogP contribution >= 0.6 is 0 Å². The average molecular weight is 230 g/mol. The largest absolute Gasteiger partial charge is 0.368 e. The van der Waals surface area contributed by atoms with E-state index in [1.54, 1.807) is 4.68 Å². The van der Waals surface area contributed by atoms with E-state index in [9.17, 15) is 0 Å². The molecule has 0 radical (unpaired) electrons. The van der Waals surface area contributed by atoms with Crippen molar-refractivity contribution in [2.45, 2.75) is 34.1 Å². The lowest BCUT2D eigenvalue weighted by Gasteiger charge is -2.11. The molecule has 1 heterocycles. The molecule has 0 aliphatic rings. The predicted molar refractivity (Wildman–Crippen MR) is 69.4 cm³/mol. The summed E-state index contributed by atoms with van der Waals surface area (Å²) in [6.45, 7) is 8.25. The third-order valence-corrected chi connectivity index (χ3v) is 2.84. The molecule has 2 aromatic rings. The van der Waals surface area contributed by atoms with Gasteiger partial charge in [0.15, 0.2) is 5.82 Å². The topological polar surface area (TPSA) is 56.7 Å². The fraction of sp³-hybridized carbons (Fsp3) is 0.385. The Morgan fingerprint density at radius 2 is 1.76 bits per heavy atom. The second-order valence-electron chi connectivity index (χ2n) is 4.40. The Morgan fingerprint density at radius 3 is 2.24 bits per heavy atom. The third kappa shape index (κ3) is 2.02. The van der Waals surface area contributed by atoms with Crippen LogP contribution < -0.4 is 5.73 Å². The van der Waals surface area contributed by atoms with E-state index < -0.39 is 0 Å². The molecule has 1 aromatic carbocycles. The first-order valence-corrected chi connectivity index (χ1v) is 5.82. The Hall–Kier alpha value is -1.84. The van der Waals surface area contributed by atoms with Crippen molar-refractivity contribution in [1.82, 2.24) is 14.8 Å². The maximum absolute atomic E-state index is 5.91. The number of rotatable bonds is 2. The highest BCUT2D eigenvalue weighted by molar-refractivity contribution is 5.51. The summed E-state index contributed by atoms with van der Waals surface area (Å²) in [6, 6.07) is 4.27. The van der Waals surface area contributed by atoms with E-state index in [-0.39, 0.29) is 0 Å². The van der Waals surface area contributed by atoms with Crippen LogP contribution in [0.25, 0.3) is 5.69 Å². The number of nitrogens with zero attached hydrogens (tertiary/aromatic N) is 3. The Labute approximate surface area is 101 Å². The van der Waals surface area contributed by atoms with Gasteiger partial charge in [0.25, 0.3) is 0 Å². The van der Waals surface area contributed by atoms with Crippen molar-refractivity contribution in [3.05, 3.63) is 34.6 Å². The third-order valence-electron chi connectivity index (χ3n) is 2.84. The molecular weight excluding hydrogens is 212 g/mol. The van der Waals surface area contributed by atoms with Crippen LogP contribution in [-0.2, 0) is 6.42 Å². The number of hydrogen-bond acceptors (Lipinski definition) is 3. The molecule has 0 saturated heterocycles. The summed E-state index contributed by atoms with van der Waals surface area (Å²) in [5, 5.41) is 4.43. The van der Waals surface area contributed by atoms with Gasteiger partial charge in [0.05, 0.1) is 5.69 Å². The Bertz CT molecular complexity index is 532. The average Bonchev–Trinajstić information content (AvgIpc) is 2.59. The van der Waals surface area contributed by atoms with Crippen LogP contribution in [0.4, 0.5) is 5.95 Å². The molecule has 0 spiro atoms. The standard InChI is InChI=1S/C13H18N4/c1-5-11-15-13(14)17(16-11)12-9(3)6-8(2)7-10(12)4/h6-7H,5H2,1-4H3,(H2,14,15,16). The maximum Gasteiger partial charge on any atom is 0.223 e. The van der Waals surface area contributed by atoms with E-state index in [4.69, 9.17) is 5.73 Å². The number of nitrogen functional groups attached to an aromatic ring is 1. The minimum Gasteiger partial charge on any atom is -0.368 e. The first-order chi connectivity index (χ1) is 8.02. The van der Waals surface area contributed by atoms with Crippen LogP contribution in [-0.4, -0.2) is 14.8 Å². The quantitative estimate of drug-likeness (QED) is 0.861. The normalized spacial score (nSPS) is 10.8. The van der Waals surface area contributed by atoms with Gasteiger partial charge in [-0.1, -0.05) is 24.6 Å². The van der Waals surface area contributed by atoms with E-state index in [0.717, 1.165) is 17.9 Å². The van der Waals surface area contributed by atoms with E-state index in [1.807, 2.05) is 6.92 Å². The summed E-state index contributed by atoms with van der Waals surface area (Å²) in [4.78, 5) is 4.24. The van der Waals surface area contributed by atoms with Crippen molar-refractivity contribution >= 4 is 5.95 Å². The summed E-state index contributed by atoms with van der Waals surface area (Å²) in [5.41, 5.74) is 10.5. The summed E-state index contributed by atoms with van der Waals surface area (Å²) < 4.78 is 1.74. The van der Waals surface area contributed by atoms with E-state index >= 15 is 0 Å². The van der Waals surface area contributed by atoms with Gasteiger partial charge in [0.2, 0.25) is 5.95 Å². The minimum absolute atomic E-state index is 0.455. The van der Waals surface area contributed by atoms with Gasteiger partial charge in [-0.25, -0.2) is 0 Å². The van der Waals surface area contributed by atoms with Crippen molar-refractivity contribution < 1.29 is 0 Å². The first kappa shape index (κ1) is 11.6. The first-order valence-electron chi connectivity index (χ1n) is 5.82. The van der Waals surface area contributed by atoms with Crippen molar-refractivity contribution in [2.24, 2.45) is 0 Å².